The Bertz CT molecular complexity index is 852. The Morgan fingerprint density at radius 3 is 2.29 bits per heavy atom. The molecule has 0 atom stereocenters. The highest BCUT2D eigenvalue weighted by atomic mass is 16.5. The van der Waals surface area contributed by atoms with Crippen LogP contribution in [0.5, 0.6) is 11.5 Å². The van der Waals surface area contributed by atoms with Gasteiger partial charge in [-0.2, -0.15) is 0 Å². The number of carbonyl (C=O) groups excluding carboxylic acids is 1. The molecule has 0 aromatic heterocycles. The Labute approximate surface area is 121 Å². The van der Waals surface area contributed by atoms with Crippen molar-refractivity contribution in [3.8, 4) is 11.5 Å². The maximum atomic E-state index is 12.1. The van der Waals surface area contributed by atoms with Gasteiger partial charge in [0.2, 0.25) is 0 Å². The van der Waals surface area contributed by atoms with Gasteiger partial charge in [-0.05, 0) is 22.9 Å². The molecule has 0 aliphatic heterocycles. The van der Waals surface area contributed by atoms with E-state index in [4.69, 9.17) is 9.47 Å². The fourth-order valence-electron chi connectivity index (χ4n) is 2.59. The van der Waals surface area contributed by atoms with E-state index in [2.05, 4.69) is 0 Å². The van der Waals surface area contributed by atoms with Gasteiger partial charge in [0.05, 0.1) is 14.2 Å². The zero-order valence-corrected chi connectivity index (χ0v) is 11.7. The summed E-state index contributed by atoms with van der Waals surface area (Å²) in [5, 5.41) is 13.4. The summed E-state index contributed by atoms with van der Waals surface area (Å²) in [6.45, 7) is 0. The summed E-state index contributed by atoms with van der Waals surface area (Å²) in [5.74, 6) is -0.0305. The van der Waals surface area contributed by atoms with Crippen LogP contribution in [0.25, 0.3) is 21.5 Å². The Kier molecular flexibility index (Phi) is 3.14. The molecule has 0 unspecified atom stereocenters. The van der Waals surface area contributed by atoms with Gasteiger partial charge in [0.15, 0.2) is 0 Å². The number of benzene rings is 3. The number of rotatable bonds is 2. The third-order valence-corrected chi connectivity index (χ3v) is 3.59. The number of phenolic OH excluding ortho intramolecular Hbond substituents is 1. The SMILES string of the molecule is COC(=O)c1c(O)c2ccccc2c2ccc(OC)cc12. The molecule has 21 heavy (non-hydrogen) atoms. The normalized spacial score (nSPS) is 10.8. The molecule has 4 nitrogen and oxygen atoms in total. The number of methoxy groups -OCH3 is 2. The van der Waals surface area contributed by atoms with Crippen molar-refractivity contribution < 1.29 is 19.4 Å². The van der Waals surface area contributed by atoms with Crippen molar-refractivity contribution >= 4 is 27.5 Å². The van der Waals surface area contributed by atoms with E-state index in [9.17, 15) is 9.90 Å². The number of carbonyl (C=O) groups is 1. The molecular formula is C17H14O4. The van der Waals surface area contributed by atoms with Crippen LogP contribution in [0.3, 0.4) is 0 Å². The van der Waals surface area contributed by atoms with Crippen LogP contribution in [0.1, 0.15) is 10.4 Å². The van der Waals surface area contributed by atoms with Crippen molar-refractivity contribution in [1.29, 1.82) is 0 Å². The maximum absolute atomic E-state index is 12.1. The van der Waals surface area contributed by atoms with Crippen LogP contribution in [0, 0.1) is 0 Å². The van der Waals surface area contributed by atoms with Crippen molar-refractivity contribution in [3.05, 3.63) is 48.0 Å². The van der Waals surface area contributed by atoms with E-state index in [-0.39, 0.29) is 11.3 Å². The lowest BCUT2D eigenvalue weighted by atomic mass is 9.95. The first kappa shape index (κ1) is 13.2. The Hall–Kier alpha value is -2.75. The van der Waals surface area contributed by atoms with E-state index in [1.54, 1.807) is 19.2 Å². The lowest BCUT2D eigenvalue weighted by Gasteiger charge is -2.13. The summed E-state index contributed by atoms with van der Waals surface area (Å²) in [6, 6.07) is 12.8. The highest BCUT2D eigenvalue weighted by Crippen LogP contribution is 2.38. The van der Waals surface area contributed by atoms with Gasteiger partial charge in [-0.25, -0.2) is 4.79 Å². The van der Waals surface area contributed by atoms with Crippen LogP contribution in [-0.4, -0.2) is 25.3 Å². The van der Waals surface area contributed by atoms with Gasteiger partial charge in [-0.1, -0.05) is 30.3 Å². The highest BCUT2D eigenvalue weighted by Gasteiger charge is 2.20. The lowest BCUT2D eigenvalue weighted by molar-refractivity contribution is 0.0600. The van der Waals surface area contributed by atoms with Gasteiger partial charge in [0, 0.05) is 10.8 Å². The predicted octanol–water partition coefficient (Wildman–Crippen LogP) is 3.49. The molecule has 0 heterocycles. The fourth-order valence-corrected chi connectivity index (χ4v) is 2.59. The zero-order valence-electron chi connectivity index (χ0n) is 11.7. The highest BCUT2D eigenvalue weighted by molar-refractivity contribution is 6.19. The molecule has 0 saturated carbocycles. The van der Waals surface area contributed by atoms with Crippen molar-refractivity contribution in [2.24, 2.45) is 0 Å². The van der Waals surface area contributed by atoms with Crippen LogP contribution in [-0.2, 0) is 4.74 Å². The van der Waals surface area contributed by atoms with Crippen molar-refractivity contribution in [1.82, 2.24) is 0 Å². The third-order valence-electron chi connectivity index (χ3n) is 3.59. The van der Waals surface area contributed by atoms with Gasteiger partial charge in [0.1, 0.15) is 17.1 Å². The van der Waals surface area contributed by atoms with Crippen molar-refractivity contribution in [2.45, 2.75) is 0 Å². The van der Waals surface area contributed by atoms with Crippen LogP contribution in [0.4, 0.5) is 0 Å². The number of fused-ring (bicyclic) bond motifs is 3. The van der Waals surface area contributed by atoms with E-state index in [1.165, 1.54) is 7.11 Å². The average molecular weight is 282 g/mol. The van der Waals surface area contributed by atoms with Crippen molar-refractivity contribution in [2.75, 3.05) is 14.2 Å². The average Bonchev–Trinajstić information content (AvgIpc) is 2.54. The van der Waals surface area contributed by atoms with Crippen LogP contribution in [0.15, 0.2) is 42.5 Å². The van der Waals surface area contributed by atoms with E-state index >= 15 is 0 Å². The molecule has 0 aliphatic carbocycles. The van der Waals surface area contributed by atoms with Gasteiger partial charge in [-0.15, -0.1) is 0 Å². The molecule has 0 radical (unpaired) electrons. The molecule has 0 saturated heterocycles. The minimum Gasteiger partial charge on any atom is -0.506 e. The van der Waals surface area contributed by atoms with Crippen molar-refractivity contribution in [3.63, 3.8) is 0 Å². The summed E-state index contributed by atoms with van der Waals surface area (Å²) in [5.41, 5.74) is 0.158. The largest absolute Gasteiger partial charge is 0.506 e. The molecule has 0 spiro atoms. The topological polar surface area (TPSA) is 55.8 Å². The van der Waals surface area contributed by atoms with Crippen LogP contribution >= 0.6 is 0 Å². The number of ether oxygens (including phenoxy) is 2. The monoisotopic (exact) mass is 282 g/mol. The van der Waals surface area contributed by atoms with E-state index in [1.807, 2.05) is 30.3 Å². The minimum absolute atomic E-state index is 0.0711. The van der Waals surface area contributed by atoms with E-state index < -0.39 is 5.97 Å². The first-order chi connectivity index (χ1) is 10.2. The molecule has 106 valence electrons. The molecular weight excluding hydrogens is 268 g/mol. The van der Waals surface area contributed by atoms with E-state index in [0.717, 1.165) is 10.8 Å². The number of esters is 1. The summed E-state index contributed by atoms with van der Waals surface area (Å²) in [7, 11) is 2.85. The molecule has 0 fully saturated rings. The molecule has 3 aromatic rings. The third kappa shape index (κ3) is 1.96. The Balaban J connectivity index is 2.55. The fraction of sp³-hybridized carbons (Fsp3) is 0.118. The van der Waals surface area contributed by atoms with Gasteiger partial charge in [-0.3, -0.25) is 0 Å². The smallest absolute Gasteiger partial charge is 0.342 e. The summed E-state index contributed by atoms with van der Waals surface area (Å²) >= 11 is 0. The molecule has 1 N–H and O–H groups in total. The summed E-state index contributed by atoms with van der Waals surface area (Å²) in [4.78, 5) is 12.1. The van der Waals surface area contributed by atoms with E-state index in [0.29, 0.717) is 16.5 Å². The molecule has 0 aliphatic rings. The maximum Gasteiger partial charge on any atom is 0.342 e. The molecule has 4 heteroatoms. The number of aromatic hydroxyl groups is 1. The lowest BCUT2D eigenvalue weighted by Crippen LogP contribution is -2.03. The van der Waals surface area contributed by atoms with Crippen LogP contribution in [0.2, 0.25) is 0 Å². The Morgan fingerprint density at radius 2 is 1.62 bits per heavy atom. The molecule has 3 rings (SSSR count). The number of hydrogen-bond donors (Lipinski definition) is 1. The predicted molar refractivity (Wildman–Crippen MR) is 81.0 cm³/mol. The second-order valence-electron chi connectivity index (χ2n) is 4.67. The van der Waals surface area contributed by atoms with Crippen LogP contribution < -0.4 is 4.74 Å². The minimum atomic E-state index is -0.573. The molecule has 0 amide bonds. The first-order valence-corrected chi connectivity index (χ1v) is 6.47. The first-order valence-electron chi connectivity index (χ1n) is 6.47. The second kappa shape index (κ2) is 4.98. The zero-order chi connectivity index (χ0) is 15.0. The van der Waals surface area contributed by atoms with Gasteiger partial charge >= 0.3 is 5.97 Å². The molecule has 0 bridgehead atoms. The molecule has 3 aromatic carbocycles. The summed E-state index contributed by atoms with van der Waals surface area (Å²) in [6.07, 6.45) is 0. The summed E-state index contributed by atoms with van der Waals surface area (Å²) < 4.78 is 10.0. The standard InChI is InChI=1S/C17H14O4/c1-20-10-7-8-12-11-5-3-4-6-13(11)16(18)15(14(12)9-10)17(19)21-2/h3-9,18H,1-2H3. The number of phenols is 1. The van der Waals surface area contributed by atoms with Gasteiger partial charge < -0.3 is 14.6 Å². The second-order valence-corrected chi connectivity index (χ2v) is 4.67. The quantitative estimate of drug-likeness (QED) is 0.577. The number of hydrogen-bond acceptors (Lipinski definition) is 4. The Morgan fingerprint density at radius 1 is 0.952 bits per heavy atom. The van der Waals surface area contributed by atoms with Gasteiger partial charge in [0.25, 0.3) is 0 Å².